The first-order valence-electron chi connectivity index (χ1n) is 6.81. The Morgan fingerprint density at radius 2 is 2.00 bits per heavy atom. The Morgan fingerprint density at radius 1 is 1.30 bits per heavy atom. The number of oxime groups is 1. The number of ether oxygens (including phenoxy) is 1. The highest BCUT2D eigenvalue weighted by atomic mass is 16.5. The Labute approximate surface area is 120 Å². The van der Waals surface area contributed by atoms with Crippen LogP contribution in [0.1, 0.15) is 38.7 Å². The fourth-order valence-electron chi connectivity index (χ4n) is 1.89. The first-order valence-corrected chi connectivity index (χ1v) is 6.81. The molecule has 1 rings (SSSR count). The maximum Gasteiger partial charge on any atom is 0.144 e. The van der Waals surface area contributed by atoms with Gasteiger partial charge in [0.25, 0.3) is 0 Å². The Hall–Kier alpha value is -1.75. The highest BCUT2D eigenvalue weighted by Crippen LogP contribution is 2.24. The number of aliphatic hydroxyl groups is 1. The van der Waals surface area contributed by atoms with Crippen molar-refractivity contribution in [3.8, 4) is 5.75 Å². The molecule has 5 nitrogen and oxygen atoms in total. The van der Waals surface area contributed by atoms with Gasteiger partial charge in [0, 0.05) is 11.0 Å². The molecule has 5 heteroatoms. The van der Waals surface area contributed by atoms with E-state index in [0.717, 1.165) is 30.6 Å². The van der Waals surface area contributed by atoms with E-state index in [1.165, 1.54) is 0 Å². The topological polar surface area (TPSA) is 88.1 Å². The maximum atomic E-state index is 9.19. The molecule has 0 atom stereocenters. The monoisotopic (exact) mass is 280 g/mol. The van der Waals surface area contributed by atoms with Crippen LogP contribution in [0, 0.1) is 5.41 Å². The molecule has 0 fully saturated rings. The maximum absolute atomic E-state index is 9.19. The summed E-state index contributed by atoms with van der Waals surface area (Å²) < 4.78 is 5.66. The first-order chi connectivity index (χ1) is 9.51. The molecular formula is C15H24N2O3. The van der Waals surface area contributed by atoms with Crippen LogP contribution < -0.4 is 10.5 Å². The highest BCUT2D eigenvalue weighted by Gasteiger charge is 2.22. The van der Waals surface area contributed by atoms with Gasteiger partial charge in [-0.3, -0.25) is 0 Å². The largest absolute Gasteiger partial charge is 0.493 e. The van der Waals surface area contributed by atoms with E-state index < -0.39 is 0 Å². The number of nitrogens with two attached hydrogens (primary N) is 1. The first kappa shape index (κ1) is 16.3. The molecule has 20 heavy (non-hydrogen) atoms. The summed E-state index contributed by atoms with van der Waals surface area (Å²) in [5, 5.41) is 20.9. The third-order valence-corrected chi connectivity index (χ3v) is 3.40. The van der Waals surface area contributed by atoms with Crippen molar-refractivity contribution in [1.82, 2.24) is 0 Å². The molecule has 0 aliphatic carbocycles. The minimum atomic E-state index is -0.308. The molecule has 0 heterocycles. The van der Waals surface area contributed by atoms with E-state index in [4.69, 9.17) is 15.7 Å². The third kappa shape index (κ3) is 4.74. The number of hydrogen-bond donors (Lipinski definition) is 3. The SMILES string of the molecule is CC(C)(CCCCOc1ccccc1CO)/C(N)=N/O. The number of aliphatic hydroxyl groups excluding tert-OH is 1. The smallest absolute Gasteiger partial charge is 0.144 e. The van der Waals surface area contributed by atoms with Gasteiger partial charge in [-0.25, -0.2) is 0 Å². The molecule has 0 radical (unpaired) electrons. The average Bonchev–Trinajstić information content (AvgIpc) is 2.46. The molecule has 0 aliphatic rings. The summed E-state index contributed by atoms with van der Waals surface area (Å²) in [6, 6.07) is 7.46. The molecule has 4 N–H and O–H groups in total. The third-order valence-electron chi connectivity index (χ3n) is 3.40. The van der Waals surface area contributed by atoms with Crippen molar-refractivity contribution >= 4 is 5.84 Å². The van der Waals surface area contributed by atoms with Gasteiger partial charge in [-0.15, -0.1) is 0 Å². The van der Waals surface area contributed by atoms with E-state index in [-0.39, 0.29) is 17.9 Å². The fourth-order valence-corrected chi connectivity index (χ4v) is 1.89. The van der Waals surface area contributed by atoms with Gasteiger partial charge in [-0.2, -0.15) is 0 Å². The Bertz CT molecular complexity index is 444. The van der Waals surface area contributed by atoms with Gasteiger partial charge in [0.15, 0.2) is 0 Å². The Morgan fingerprint density at radius 3 is 2.65 bits per heavy atom. The normalized spacial score (nSPS) is 12.4. The van der Waals surface area contributed by atoms with Gasteiger partial charge < -0.3 is 20.8 Å². The van der Waals surface area contributed by atoms with Gasteiger partial charge >= 0.3 is 0 Å². The van der Waals surface area contributed by atoms with E-state index in [9.17, 15) is 5.11 Å². The van der Waals surface area contributed by atoms with E-state index in [2.05, 4.69) is 5.16 Å². The predicted octanol–water partition coefficient (Wildman–Crippen LogP) is 2.50. The summed E-state index contributed by atoms with van der Waals surface area (Å²) in [7, 11) is 0. The molecule has 0 unspecified atom stereocenters. The van der Waals surface area contributed by atoms with Crippen LogP contribution in [0.15, 0.2) is 29.4 Å². The summed E-state index contributed by atoms with van der Waals surface area (Å²) in [5.74, 6) is 0.981. The number of nitrogens with zero attached hydrogens (tertiary/aromatic N) is 1. The van der Waals surface area contributed by atoms with Crippen molar-refractivity contribution in [3.05, 3.63) is 29.8 Å². The van der Waals surface area contributed by atoms with Crippen molar-refractivity contribution in [2.75, 3.05) is 6.61 Å². The summed E-state index contributed by atoms with van der Waals surface area (Å²) >= 11 is 0. The predicted molar refractivity (Wildman–Crippen MR) is 78.9 cm³/mol. The van der Waals surface area contributed by atoms with Crippen molar-refractivity contribution in [2.24, 2.45) is 16.3 Å². The quantitative estimate of drug-likeness (QED) is 0.224. The summed E-state index contributed by atoms with van der Waals surface area (Å²) in [4.78, 5) is 0. The molecule has 0 aliphatic heterocycles. The van der Waals surface area contributed by atoms with E-state index in [0.29, 0.717) is 6.61 Å². The van der Waals surface area contributed by atoms with Gasteiger partial charge in [0.1, 0.15) is 11.6 Å². The second kappa shape index (κ2) is 7.75. The lowest BCUT2D eigenvalue weighted by molar-refractivity contribution is 0.257. The number of hydrogen-bond acceptors (Lipinski definition) is 4. The number of unbranched alkanes of at least 4 members (excludes halogenated alkanes) is 1. The van der Waals surface area contributed by atoms with Crippen LogP contribution in [0.4, 0.5) is 0 Å². The summed E-state index contributed by atoms with van der Waals surface area (Å²) in [6.07, 6.45) is 2.63. The van der Waals surface area contributed by atoms with Crippen LogP contribution in [0.3, 0.4) is 0 Å². The molecule has 112 valence electrons. The molecule has 0 saturated heterocycles. The van der Waals surface area contributed by atoms with Crippen LogP contribution in [-0.4, -0.2) is 22.8 Å². The van der Waals surface area contributed by atoms with Crippen LogP contribution in [0.2, 0.25) is 0 Å². The number of amidine groups is 1. The lowest BCUT2D eigenvalue weighted by Gasteiger charge is -2.22. The van der Waals surface area contributed by atoms with E-state index in [1.54, 1.807) is 0 Å². The molecule has 0 spiro atoms. The van der Waals surface area contributed by atoms with Gasteiger partial charge in [-0.05, 0) is 25.3 Å². The molecule has 0 amide bonds. The van der Waals surface area contributed by atoms with Gasteiger partial charge in [0.05, 0.1) is 13.2 Å². The number of benzene rings is 1. The minimum Gasteiger partial charge on any atom is -0.493 e. The molecule has 0 saturated carbocycles. The highest BCUT2D eigenvalue weighted by molar-refractivity contribution is 5.85. The minimum absolute atomic E-state index is 0.0211. The zero-order chi connectivity index (χ0) is 15.0. The molecule has 0 bridgehead atoms. The Balaban J connectivity index is 2.32. The van der Waals surface area contributed by atoms with E-state index >= 15 is 0 Å². The van der Waals surface area contributed by atoms with Crippen LogP contribution >= 0.6 is 0 Å². The van der Waals surface area contributed by atoms with Crippen LogP contribution in [-0.2, 0) is 6.61 Å². The molecule has 0 aromatic heterocycles. The second-order valence-corrected chi connectivity index (χ2v) is 5.44. The molecule has 1 aromatic carbocycles. The van der Waals surface area contributed by atoms with Crippen molar-refractivity contribution < 1.29 is 15.1 Å². The average molecular weight is 280 g/mol. The summed E-state index contributed by atoms with van der Waals surface area (Å²) in [5.41, 5.74) is 6.12. The number of rotatable bonds is 8. The Kier molecular flexibility index (Phi) is 6.31. The standard InChI is InChI=1S/C15H24N2O3/c1-15(2,14(16)17-19)9-5-6-10-20-13-8-4-3-7-12(13)11-18/h3-4,7-8,18-19H,5-6,9-11H2,1-2H3,(H2,16,17). The molecule has 1 aromatic rings. The lowest BCUT2D eigenvalue weighted by atomic mass is 9.86. The van der Waals surface area contributed by atoms with Crippen LogP contribution in [0.25, 0.3) is 0 Å². The van der Waals surface area contributed by atoms with Crippen molar-refractivity contribution in [3.63, 3.8) is 0 Å². The van der Waals surface area contributed by atoms with Gasteiger partial charge in [0.2, 0.25) is 0 Å². The number of para-hydroxylation sites is 1. The van der Waals surface area contributed by atoms with Gasteiger partial charge in [-0.1, -0.05) is 37.2 Å². The van der Waals surface area contributed by atoms with E-state index in [1.807, 2.05) is 38.1 Å². The fraction of sp³-hybridized carbons (Fsp3) is 0.533. The summed E-state index contributed by atoms with van der Waals surface area (Å²) in [6.45, 7) is 4.46. The van der Waals surface area contributed by atoms with Crippen molar-refractivity contribution in [2.45, 2.75) is 39.7 Å². The second-order valence-electron chi connectivity index (χ2n) is 5.44. The van der Waals surface area contributed by atoms with Crippen molar-refractivity contribution in [1.29, 1.82) is 0 Å². The molecular weight excluding hydrogens is 256 g/mol. The zero-order valence-electron chi connectivity index (χ0n) is 12.2. The van der Waals surface area contributed by atoms with Crippen LogP contribution in [0.5, 0.6) is 5.75 Å². The zero-order valence-corrected chi connectivity index (χ0v) is 12.2. The lowest BCUT2D eigenvalue weighted by Crippen LogP contribution is -2.31.